The first-order chi connectivity index (χ1) is 43.4. The number of nitrogens with two attached hydrogens (primary N) is 3. The Bertz CT molecular complexity index is 4220. The van der Waals surface area contributed by atoms with E-state index in [1.165, 1.54) is 54.6 Å². The van der Waals surface area contributed by atoms with Crippen molar-refractivity contribution in [3.63, 3.8) is 0 Å². The van der Waals surface area contributed by atoms with Gasteiger partial charge in [0.2, 0.25) is 0 Å². The van der Waals surface area contributed by atoms with Gasteiger partial charge in [0.25, 0.3) is 6.47 Å². The Morgan fingerprint density at radius 1 is 0.714 bits per heavy atom. The summed E-state index contributed by atoms with van der Waals surface area (Å²) in [5.41, 5.74) is 27.6. The lowest BCUT2D eigenvalue weighted by atomic mass is 10.0. The molecule has 91 heavy (non-hydrogen) atoms. The second-order valence-electron chi connectivity index (χ2n) is 23.0. The van der Waals surface area contributed by atoms with Crippen LogP contribution in [0.25, 0.3) is 33.3 Å². The topological polar surface area (TPSA) is 276 Å². The number of aromatic hydroxyl groups is 1. The molecule has 5 aromatic carbocycles. The molecule has 9 aromatic rings. The lowest BCUT2D eigenvalue weighted by Crippen LogP contribution is -2.38. The van der Waals surface area contributed by atoms with E-state index in [-0.39, 0.29) is 76.1 Å². The molecule has 0 bridgehead atoms. The van der Waals surface area contributed by atoms with E-state index < -0.39 is 40.7 Å². The normalized spacial score (nSPS) is 16.6. The molecule has 0 saturated heterocycles. The number of phenols is 1. The number of fused-ring (bicyclic) bond motifs is 2. The van der Waals surface area contributed by atoms with E-state index in [0.29, 0.717) is 67.8 Å². The van der Waals surface area contributed by atoms with Gasteiger partial charge in [0.05, 0.1) is 74.5 Å². The largest absolute Gasteiger partial charge is 0.505 e. The van der Waals surface area contributed by atoms with Gasteiger partial charge in [-0.1, -0.05) is 35.3 Å². The van der Waals surface area contributed by atoms with Crippen LogP contribution in [-0.2, 0) is 16.1 Å². The Labute approximate surface area is 531 Å². The molecule has 2 saturated carbocycles. The molecule has 4 atom stereocenters. The Balaban J connectivity index is 0.000000219. The summed E-state index contributed by atoms with van der Waals surface area (Å²) in [5, 5.41) is 36.3. The van der Waals surface area contributed by atoms with E-state index in [4.69, 9.17) is 64.5 Å². The van der Waals surface area contributed by atoms with Crippen molar-refractivity contribution >= 4 is 81.2 Å². The molecular formula is C66H68Cl2F4N12O7. The van der Waals surface area contributed by atoms with Crippen molar-refractivity contribution in [1.82, 2.24) is 24.5 Å². The number of aliphatic imine (C=N–C) groups is 2. The highest BCUT2D eigenvalue weighted by molar-refractivity contribution is 6.33. The number of aryl methyl sites for hydroxylation is 2. The number of nitrogens with zero attached hydrogens (tertiary/aromatic N) is 6. The van der Waals surface area contributed by atoms with Gasteiger partial charge in [-0.25, -0.2) is 41.4 Å². The molecule has 19 nitrogen and oxygen atoms in total. The Morgan fingerprint density at radius 2 is 1.21 bits per heavy atom. The molecule has 2 aliphatic rings. The quantitative estimate of drug-likeness (QED) is 0.0205. The summed E-state index contributed by atoms with van der Waals surface area (Å²) >= 11 is 12.5. The van der Waals surface area contributed by atoms with Gasteiger partial charge in [-0.15, -0.1) is 0 Å². The highest BCUT2D eigenvalue weighted by Crippen LogP contribution is 2.38. The average Bonchev–Trinajstić information content (AvgIpc) is 1.67. The van der Waals surface area contributed by atoms with Gasteiger partial charge in [-0.05, 0) is 174 Å². The molecule has 476 valence electrons. The van der Waals surface area contributed by atoms with E-state index in [1.54, 1.807) is 47.7 Å². The summed E-state index contributed by atoms with van der Waals surface area (Å²) in [6, 6.07) is 24.7. The van der Waals surface area contributed by atoms with Gasteiger partial charge in [0.15, 0.2) is 23.1 Å². The zero-order valence-corrected chi connectivity index (χ0v) is 52.0. The summed E-state index contributed by atoms with van der Waals surface area (Å²) in [6.45, 7) is 9.08. The minimum absolute atomic E-state index is 0.0601. The molecule has 0 unspecified atom stereocenters. The van der Waals surface area contributed by atoms with Crippen molar-refractivity contribution in [3.05, 3.63) is 183 Å². The van der Waals surface area contributed by atoms with Crippen LogP contribution in [0.4, 0.5) is 45.1 Å². The zero-order valence-electron chi connectivity index (χ0n) is 50.5. The number of methoxy groups -OCH3 is 1. The number of rotatable bonds is 15. The van der Waals surface area contributed by atoms with Gasteiger partial charge in [-0.2, -0.15) is 10.2 Å². The van der Waals surface area contributed by atoms with Crippen LogP contribution in [-0.4, -0.2) is 90.6 Å². The van der Waals surface area contributed by atoms with Crippen LogP contribution >= 0.6 is 23.2 Å². The number of amides is 1. The third kappa shape index (κ3) is 16.3. The van der Waals surface area contributed by atoms with Crippen LogP contribution < -0.4 is 42.6 Å². The minimum atomic E-state index is -0.707. The Hall–Kier alpha value is -9.58. The number of carbonyl (C=O) groups excluding carboxylic acids is 1. The van der Waals surface area contributed by atoms with Crippen molar-refractivity contribution in [2.24, 2.45) is 27.2 Å². The Morgan fingerprint density at radius 3 is 1.71 bits per heavy atom. The number of carboxylic acid groups (broad SMARTS) is 1. The van der Waals surface area contributed by atoms with E-state index in [9.17, 15) is 23.1 Å². The van der Waals surface area contributed by atoms with Crippen LogP contribution in [0.3, 0.4) is 0 Å². The van der Waals surface area contributed by atoms with Crippen molar-refractivity contribution < 1.29 is 51.6 Å². The maximum atomic E-state index is 15.5. The monoisotopic (exact) mass is 1290 g/mol. The molecule has 2 fully saturated rings. The molecule has 25 heteroatoms. The summed E-state index contributed by atoms with van der Waals surface area (Å²) in [5.74, 6) is -1.57. The van der Waals surface area contributed by atoms with E-state index in [2.05, 4.69) is 36.1 Å². The number of nitrogens with one attached hydrogen (secondary N) is 3. The number of alkyl carbamates (subject to hydrolysis) is 1. The average molecular weight is 1290 g/mol. The van der Waals surface area contributed by atoms with Gasteiger partial charge < -0.3 is 57.6 Å². The fourth-order valence-corrected chi connectivity index (χ4v) is 11.2. The van der Waals surface area contributed by atoms with E-state index in [1.807, 2.05) is 70.3 Å². The number of phenolic OH excluding ortho intramolecular Hbond substituents is 1. The first-order valence-electron chi connectivity index (χ1n) is 28.9. The maximum absolute atomic E-state index is 15.5. The number of halogens is 6. The van der Waals surface area contributed by atoms with Crippen LogP contribution in [0.1, 0.15) is 87.1 Å². The number of anilines is 2. The fraction of sp³-hybridized carbons (Fsp3) is 0.273. The number of ether oxygens (including phenoxy) is 3. The fourth-order valence-electron chi connectivity index (χ4n) is 10.8. The molecule has 4 aromatic heterocycles. The van der Waals surface area contributed by atoms with Gasteiger partial charge in [0, 0.05) is 59.8 Å². The third-order valence-corrected chi connectivity index (χ3v) is 15.8. The summed E-state index contributed by atoms with van der Waals surface area (Å²) < 4.78 is 77.4. The standard InChI is InChI=1S/C39H41ClF2N6O4.C26H25ClF2N6O.CH2O2/c1-22-14-35(51-21-23-6-11-28(50-5)12-7-23)32(42)18-29(22)24-15-34-36(45-26-9-10-27(17-26)46-38(49)52-39(2,3)4)30(19-44-48(34)20-24)37(43)47-33-16-25(41)8-13-31(33)40;1-13-6-24(36)21(29)10-18(13)14-7-23-25(33-17-4-3-16(30)9-17)19(11-32-35(23)12-14)26(31)34-22-8-15(28)2-5-20(22)27;2-1-3/h6-8,11-16,18-20,26-27,45H,9-10,17,21H2,1-5H3,(H2,43,47)(H,46,49);2,5-8,10-12,16-17,33,36H,3-4,9,30H2,1H3,(H2,31,34);1H,(H,2,3)/t26-,27+;16-,17+;/m11./s1. The van der Waals surface area contributed by atoms with Gasteiger partial charge >= 0.3 is 6.09 Å². The summed E-state index contributed by atoms with van der Waals surface area (Å²) in [4.78, 5) is 29.7. The predicted octanol–water partition coefficient (Wildman–Crippen LogP) is 13.7. The number of hydrogen-bond donors (Lipinski definition) is 8. The lowest BCUT2D eigenvalue weighted by molar-refractivity contribution is -0.122. The maximum Gasteiger partial charge on any atom is 0.407 e. The van der Waals surface area contributed by atoms with Crippen molar-refractivity contribution in [3.8, 4) is 39.5 Å². The molecule has 0 spiro atoms. The summed E-state index contributed by atoms with van der Waals surface area (Å²) in [7, 11) is 1.60. The molecule has 0 aliphatic heterocycles. The second-order valence-corrected chi connectivity index (χ2v) is 23.9. The van der Waals surface area contributed by atoms with E-state index >= 15 is 4.39 Å². The number of carbonyl (C=O) groups is 2. The molecule has 1 amide bonds. The lowest BCUT2D eigenvalue weighted by Gasteiger charge is -2.22. The number of benzene rings is 5. The van der Waals surface area contributed by atoms with Gasteiger partial charge in [0.1, 0.15) is 41.3 Å². The molecule has 4 heterocycles. The molecule has 11 N–H and O–H groups in total. The number of amidine groups is 2. The number of aromatic nitrogens is 4. The molecule has 11 rings (SSSR count). The minimum Gasteiger partial charge on any atom is -0.505 e. The van der Waals surface area contributed by atoms with Crippen molar-refractivity contribution in [2.75, 3.05) is 17.7 Å². The van der Waals surface area contributed by atoms with Crippen LogP contribution in [0.5, 0.6) is 17.2 Å². The number of hydrogen-bond acceptors (Lipinski definition) is 13. The SMILES string of the molecule is COc1ccc(COc2cc(C)c(-c3cc4c(N[C@@H]5CC[C@H](NC(=O)OC(C)(C)C)C5)c(C(N)=Nc5cc(F)ccc5Cl)cnn4c3)cc2F)cc1.Cc1cc(O)c(F)cc1-c1cc2c(N[C@H]3CC[C@@H](N)C3)c(C(N)=Nc3cc(F)ccc3Cl)cnn2c1.O=CO. The van der Waals surface area contributed by atoms with Gasteiger partial charge in [-0.3, -0.25) is 4.79 Å². The second kappa shape index (κ2) is 28.5. The Kier molecular flexibility index (Phi) is 20.6. The highest BCUT2D eigenvalue weighted by atomic mass is 35.5. The van der Waals surface area contributed by atoms with Crippen LogP contribution in [0.15, 0.2) is 132 Å². The van der Waals surface area contributed by atoms with Crippen molar-refractivity contribution in [2.45, 2.75) is 110 Å². The van der Waals surface area contributed by atoms with Crippen molar-refractivity contribution in [1.29, 1.82) is 0 Å². The smallest absolute Gasteiger partial charge is 0.407 e. The zero-order chi connectivity index (χ0) is 65.4. The molecule has 2 aliphatic carbocycles. The first-order valence-corrected chi connectivity index (χ1v) is 29.7. The highest BCUT2D eigenvalue weighted by Gasteiger charge is 2.30. The predicted molar refractivity (Wildman–Crippen MR) is 346 cm³/mol. The third-order valence-electron chi connectivity index (χ3n) is 15.2. The van der Waals surface area contributed by atoms with E-state index in [0.717, 1.165) is 49.0 Å². The summed E-state index contributed by atoms with van der Waals surface area (Å²) in [6.07, 6.45) is 10.9. The van der Waals surface area contributed by atoms with Crippen LogP contribution in [0.2, 0.25) is 10.0 Å². The first kappa shape index (κ1) is 65.9. The molecular weight excluding hydrogens is 1220 g/mol. The molecule has 0 radical (unpaired) electrons. The van der Waals surface area contributed by atoms with Crippen LogP contribution in [0, 0.1) is 37.1 Å².